The summed E-state index contributed by atoms with van der Waals surface area (Å²) in [6.45, 7) is 5.06. The van der Waals surface area contributed by atoms with Crippen LogP contribution in [0.1, 0.15) is 30.9 Å². The Hall–Kier alpha value is -2.27. The molecule has 0 aliphatic heterocycles. The molecule has 2 aromatic carbocycles. The molecule has 25 heavy (non-hydrogen) atoms. The molecule has 0 saturated heterocycles. The number of methoxy groups -OCH3 is 2. The first kappa shape index (κ1) is 19.1. The Morgan fingerprint density at radius 1 is 1.08 bits per heavy atom. The highest BCUT2D eigenvalue weighted by Gasteiger charge is 2.09. The van der Waals surface area contributed by atoms with E-state index in [1.807, 2.05) is 30.3 Å². The van der Waals surface area contributed by atoms with E-state index in [9.17, 15) is 0 Å². The Kier molecular flexibility index (Phi) is 7.07. The number of hydrogen-bond donors (Lipinski definition) is 2. The number of thiocarbonyl (C=S) groups is 1. The van der Waals surface area contributed by atoms with Gasteiger partial charge in [-0.3, -0.25) is 0 Å². The maximum atomic E-state index is 5.45. The van der Waals surface area contributed by atoms with Crippen LogP contribution in [-0.4, -0.2) is 25.9 Å². The average Bonchev–Trinajstić information content (AvgIpc) is 2.61. The van der Waals surface area contributed by atoms with Crippen LogP contribution in [0.3, 0.4) is 0 Å². The standard InChI is InChI=1S/C20H26N2O2S/c1-14(2)16-8-5-9-17(13-16)22-20(25)21-12-11-15-7-6-10-18(23-3)19(15)24-4/h5-10,13-14H,11-12H2,1-4H3,(H2,21,22,25). The van der Waals surface area contributed by atoms with Gasteiger partial charge < -0.3 is 20.1 Å². The third-order valence-corrected chi connectivity index (χ3v) is 4.22. The van der Waals surface area contributed by atoms with Crippen LogP contribution in [0.4, 0.5) is 5.69 Å². The summed E-state index contributed by atoms with van der Waals surface area (Å²) in [4.78, 5) is 0. The van der Waals surface area contributed by atoms with E-state index in [1.54, 1.807) is 14.2 Å². The van der Waals surface area contributed by atoms with E-state index in [0.717, 1.165) is 29.2 Å². The van der Waals surface area contributed by atoms with Crippen LogP contribution in [-0.2, 0) is 6.42 Å². The molecule has 0 aromatic heterocycles. The third-order valence-electron chi connectivity index (χ3n) is 3.98. The molecule has 0 fully saturated rings. The molecule has 0 radical (unpaired) electrons. The third kappa shape index (κ3) is 5.36. The van der Waals surface area contributed by atoms with Gasteiger partial charge in [-0.05, 0) is 53.9 Å². The van der Waals surface area contributed by atoms with Crippen molar-refractivity contribution >= 4 is 23.0 Å². The molecule has 0 saturated carbocycles. The number of anilines is 1. The lowest BCUT2D eigenvalue weighted by molar-refractivity contribution is 0.351. The highest BCUT2D eigenvalue weighted by molar-refractivity contribution is 7.80. The molecule has 0 spiro atoms. The first-order valence-electron chi connectivity index (χ1n) is 8.39. The summed E-state index contributed by atoms with van der Waals surface area (Å²) in [6.07, 6.45) is 0.786. The molecule has 0 unspecified atom stereocenters. The van der Waals surface area contributed by atoms with Gasteiger partial charge >= 0.3 is 0 Å². The number of nitrogens with one attached hydrogen (secondary N) is 2. The summed E-state index contributed by atoms with van der Waals surface area (Å²) >= 11 is 5.39. The molecular weight excluding hydrogens is 332 g/mol. The zero-order chi connectivity index (χ0) is 18.2. The fourth-order valence-electron chi connectivity index (χ4n) is 2.61. The van der Waals surface area contributed by atoms with Crippen molar-refractivity contribution in [2.75, 3.05) is 26.1 Å². The van der Waals surface area contributed by atoms with E-state index in [0.29, 0.717) is 17.6 Å². The SMILES string of the molecule is COc1cccc(CCNC(=S)Nc2cccc(C(C)C)c2)c1OC. The topological polar surface area (TPSA) is 42.5 Å². The van der Waals surface area contributed by atoms with Crippen LogP contribution < -0.4 is 20.1 Å². The van der Waals surface area contributed by atoms with Gasteiger partial charge in [0.1, 0.15) is 0 Å². The second kappa shape index (κ2) is 9.28. The Balaban J connectivity index is 1.90. The fourth-order valence-corrected chi connectivity index (χ4v) is 2.83. The molecule has 0 atom stereocenters. The summed E-state index contributed by atoms with van der Waals surface area (Å²) < 4.78 is 10.8. The minimum atomic E-state index is 0.490. The van der Waals surface area contributed by atoms with Gasteiger partial charge in [-0.1, -0.05) is 38.1 Å². The zero-order valence-electron chi connectivity index (χ0n) is 15.3. The van der Waals surface area contributed by atoms with Crippen molar-refractivity contribution in [1.29, 1.82) is 0 Å². The normalized spacial score (nSPS) is 10.4. The van der Waals surface area contributed by atoms with Crippen molar-refractivity contribution in [3.05, 3.63) is 53.6 Å². The predicted octanol–water partition coefficient (Wildman–Crippen LogP) is 4.36. The van der Waals surface area contributed by atoms with Crippen molar-refractivity contribution < 1.29 is 9.47 Å². The van der Waals surface area contributed by atoms with Crippen molar-refractivity contribution in [2.24, 2.45) is 0 Å². The van der Waals surface area contributed by atoms with Gasteiger partial charge in [0.05, 0.1) is 14.2 Å². The molecule has 0 heterocycles. The summed E-state index contributed by atoms with van der Waals surface area (Å²) in [5, 5.41) is 7.09. The number of para-hydroxylation sites is 1. The van der Waals surface area contributed by atoms with E-state index in [2.05, 4.69) is 36.6 Å². The second-order valence-electron chi connectivity index (χ2n) is 6.06. The second-order valence-corrected chi connectivity index (χ2v) is 6.47. The van der Waals surface area contributed by atoms with Crippen LogP contribution in [0.5, 0.6) is 11.5 Å². The van der Waals surface area contributed by atoms with E-state index < -0.39 is 0 Å². The minimum absolute atomic E-state index is 0.490. The molecule has 4 nitrogen and oxygen atoms in total. The van der Waals surface area contributed by atoms with Gasteiger partial charge in [-0.15, -0.1) is 0 Å². The van der Waals surface area contributed by atoms with Crippen LogP contribution in [0, 0.1) is 0 Å². The molecule has 0 amide bonds. The predicted molar refractivity (Wildman–Crippen MR) is 108 cm³/mol. The van der Waals surface area contributed by atoms with Gasteiger partial charge in [-0.2, -0.15) is 0 Å². The summed E-state index contributed by atoms with van der Waals surface area (Å²) in [5.74, 6) is 2.00. The fraction of sp³-hybridized carbons (Fsp3) is 0.350. The van der Waals surface area contributed by atoms with Crippen LogP contribution in [0.25, 0.3) is 0 Å². The average molecular weight is 359 g/mol. The molecule has 5 heteroatoms. The monoisotopic (exact) mass is 358 g/mol. The Labute approximate surface area is 155 Å². The molecule has 0 bridgehead atoms. The van der Waals surface area contributed by atoms with Crippen LogP contribution in [0.15, 0.2) is 42.5 Å². The van der Waals surface area contributed by atoms with Crippen molar-refractivity contribution in [1.82, 2.24) is 5.32 Å². The molecule has 134 valence electrons. The molecular formula is C20H26N2O2S. The number of ether oxygens (including phenoxy) is 2. The van der Waals surface area contributed by atoms with Crippen LogP contribution in [0.2, 0.25) is 0 Å². The van der Waals surface area contributed by atoms with E-state index in [1.165, 1.54) is 5.56 Å². The highest BCUT2D eigenvalue weighted by Crippen LogP contribution is 2.30. The molecule has 0 aliphatic carbocycles. The molecule has 2 aromatic rings. The largest absolute Gasteiger partial charge is 0.493 e. The van der Waals surface area contributed by atoms with Gasteiger partial charge in [-0.25, -0.2) is 0 Å². The smallest absolute Gasteiger partial charge is 0.170 e. The first-order valence-corrected chi connectivity index (χ1v) is 8.80. The number of hydrogen-bond acceptors (Lipinski definition) is 3. The summed E-state index contributed by atoms with van der Waals surface area (Å²) in [5.41, 5.74) is 3.37. The molecule has 0 aliphatic rings. The molecule has 2 N–H and O–H groups in total. The quantitative estimate of drug-likeness (QED) is 0.720. The number of rotatable bonds is 7. The van der Waals surface area contributed by atoms with E-state index in [-0.39, 0.29) is 0 Å². The lowest BCUT2D eigenvalue weighted by Crippen LogP contribution is -2.30. The van der Waals surface area contributed by atoms with Crippen LogP contribution >= 0.6 is 12.2 Å². The molecule has 2 rings (SSSR count). The lowest BCUT2D eigenvalue weighted by Gasteiger charge is -2.14. The Morgan fingerprint density at radius 2 is 1.84 bits per heavy atom. The van der Waals surface area contributed by atoms with Gasteiger partial charge in [0.15, 0.2) is 16.6 Å². The van der Waals surface area contributed by atoms with Gasteiger partial charge in [0.2, 0.25) is 0 Å². The lowest BCUT2D eigenvalue weighted by atomic mass is 10.0. The zero-order valence-corrected chi connectivity index (χ0v) is 16.1. The Morgan fingerprint density at radius 3 is 2.52 bits per heavy atom. The van der Waals surface area contributed by atoms with Crippen molar-refractivity contribution in [3.63, 3.8) is 0 Å². The maximum Gasteiger partial charge on any atom is 0.170 e. The van der Waals surface area contributed by atoms with Crippen molar-refractivity contribution in [3.8, 4) is 11.5 Å². The summed E-state index contributed by atoms with van der Waals surface area (Å²) in [6, 6.07) is 14.2. The van der Waals surface area contributed by atoms with Crippen molar-refractivity contribution in [2.45, 2.75) is 26.2 Å². The summed E-state index contributed by atoms with van der Waals surface area (Å²) in [7, 11) is 3.30. The van der Waals surface area contributed by atoms with Gasteiger partial charge in [0, 0.05) is 12.2 Å². The van der Waals surface area contributed by atoms with Gasteiger partial charge in [0.25, 0.3) is 0 Å². The minimum Gasteiger partial charge on any atom is -0.493 e. The first-order chi connectivity index (χ1) is 12.0. The van der Waals surface area contributed by atoms with E-state index in [4.69, 9.17) is 21.7 Å². The number of benzene rings is 2. The maximum absolute atomic E-state index is 5.45. The van der Waals surface area contributed by atoms with E-state index >= 15 is 0 Å². The highest BCUT2D eigenvalue weighted by atomic mass is 32.1. The Bertz CT molecular complexity index is 717.